The molecule has 4 heteroatoms. The summed E-state index contributed by atoms with van der Waals surface area (Å²) in [6, 6.07) is 8.16. The lowest BCUT2D eigenvalue weighted by Gasteiger charge is -2.22. The van der Waals surface area contributed by atoms with Crippen LogP contribution in [0.5, 0.6) is 5.75 Å². The average molecular weight is 257 g/mol. The number of hydrogen-bond donors (Lipinski definition) is 2. The summed E-state index contributed by atoms with van der Waals surface area (Å²) in [5.41, 5.74) is 3.63. The van der Waals surface area contributed by atoms with E-state index in [-0.39, 0.29) is 0 Å². The Balaban J connectivity index is 1.94. The van der Waals surface area contributed by atoms with E-state index in [1.807, 2.05) is 18.3 Å². The first kappa shape index (κ1) is 12.2. The van der Waals surface area contributed by atoms with Crippen LogP contribution in [0.15, 0.2) is 30.5 Å². The molecule has 2 heterocycles. The summed E-state index contributed by atoms with van der Waals surface area (Å²) in [6.45, 7) is 2.17. The lowest BCUT2D eigenvalue weighted by Crippen LogP contribution is -2.27. The maximum atomic E-state index is 5.30. The molecule has 0 spiro atoms. The topological polar surface area (TPSA) is 49.9 Å². The maximum absolute atomic E-state index is 5.30. The van der Waals surface area contributed by atoms with E-state index in [0.29, 0.717) is 5.92 Å². The van der Waals surface area contributed by atoms with Crippen LogP contribution in [-0.4, -0.2) is 30.4 Å². The van der Waals surface area contributed by atoms with Gasteiger partial charge in [0.05, 0.1) is 13.3 Å². The third kappa shape index (κ3) is 2.49. The van der Waals surface area contributed by atoms with Crippen molar-refractivity contribution in [1.29, 1.82) is 0 Å². The van der Waals surface area contributed by atoms with E-state index in [4.69, 9.17) is 4.74 Å². The minimum Gasteiger partial charge on any atom is -0.497 e. The van der Waals surface area contributed by atoms with Crippen molar-refractivity contribution in [2.45, 2.75) is 18.8 Å². The second-order valence-electron chi connectivity index (χ2n) is 4.95. The fourth-order valence-electron chi connectivity index (χ4n) is 2.74. The van der Waals surface area contributed by atoms with Gasteiger partial charge >= 0.3 is 0 Å². The van der Waals surface area contributed by atoms with Gasteiger partial charge in [-0.2, -0.15) is 5.10 Å². The van der Waals surface area contributed by atoms with E-state index < -0.39 is 0 Å². The van der Waals surface area contributed by atoms with Crippen LogP contribution in [0, 0.1) is 0 Å². The van der Waals surface area contributed by atoms with E-state index in [0.717, 1.165) is 18.8 Å². The summed E-state index contributed by atoms with van der Waals surface area (Å²) in [7, 11) is 1.70. The Hall–Kier alpha value is -1.81. The highest BCUT2D eigenvalue weighted by Gasteiger charge is 2.20. The van der Waals surface area contributed by atoms with E-state index in [1.54, 1.807) is 7.11 Å². The zero-order chi connectivity index (χ0) is 13.1. The van der Waals surface area contributed by atoms with Gasteiger partial charge in [-0.1, -0.05) is 12.1 Å². The summed E-state index contributed by atoms with van der Waals surface area (Å²) < 4.78 is 5.30. The number of benzene rings is 1. The van der Waals surface area contributed by atoms with E-state index in [9.17, 15) is 0 Å². The van der Waals surface area contributed by atoms with Crippen LogP contribution in [0.4, 0.5) is 0 Å². The minimum absolute atomic E-state index is 0.574. The number of nitrogens with zero attached hydrogens (tertiary/aromatic N) is 1. The molecular weight excluding hydrogens is 238 g/mol. The van der Waals surface area contributed by atoms with Gasteiger partial charge < -0.3 is 10.1 Å². The monoisotopic (exact) mass is 257 g/mol. The molecule has 2 aromatic rings. The Morgan fingerprint density at radius 2 is 2.11 bits per heavy atom. The molecule has 0 bridgehead atoms. The molecule has 1 aliphatic heterocycles. The third-order valence-electron chi connectivity index (χ3n) is 3.80. The van der Waals surface area contributed by atoms with E-state index >= 15 is 0 Å². The van der Waals surface area contributed by atoms with Gasteiger partial charge in [-0.05, 0) is 43.6 Å². The molecule has 0 atom stereocenters. The van der Waals surface area contributed by atoms with Gasteiger partial charge in [0.25, 0.3) is 0 Å². The van der Waals surface area contributed by atoms with Crippen molar-refractivity contribution in [2.24, 2.45) is 0 Å². The van der Waals surface area contributed by atoms with Crippen LogP contribution in [0.1, 0.15) is 24.5 Å². The zero-order valence-corrected chi connectivity index (χ0v) is 11.1. The van der Waals surface area contributed by atoms with Crippen LogP contribution in [0.25, 0.3) is 11.1 Å². The van der Waals surface area contributed by atoms with Crippen LogP contribution in [0.3, 0.4) is 0 Å². The number of H-pyrrole nitrogens is 1. The smallest absolute Gasteiger partial charge is 0.119 e. The van der Waals surface area contributed by atoms with Gasteiger partial charge in [0.2, 0.25) is 0 Å². The summed E-state index contributed by atoms with van der Waals surface area (Å²) in [5, 5.41) is 10.8. The molecule has 0 aliphatic carbocycles. The van der Waals surface area contributed by atoms with Gasteiger partial charge in [0, 0.05) is 17.2 Å². The predicted octanol–water partition coefficient (Wildman–Crippen LogP) is 2.55. The molecule has 1 aliphatic rings. The lowest BCUT2D eigenvalue weighted by molar-refractivity contribution is 0.415. The molecule has 1 saturated heterocycles. The summed E-state index contributed by atoms with van der Waals surface area (Å²) >= 11 is 0. The number of aromatic nitrogens is 2. The number of aromatic amines is 1. The standard InChI is InChI=1S/C15H19N3O/c1-19-13-4-2-3-12(9-13)14-10-17-18-15(14)11-5-7-16-8-6-11/h2-4,9-11,16H,5-8H2,1H3,(H,17,18). The van der Waals surface area contributed by atoms with Crippen molar-refractivity contribution < 1.29 is 4.74 Å². The average Bonchev–Trinajstić information content (AvgIpc) is 2.98. The number of methoxy groups -OCH3 is 1. The Bertz CT molecular complexity index is 544. The normalized spacial score (nSPS) is 16.5. The van der Waals surface area contributed by atoms with E-state index in [1.165, 1.54) is 29.7 Å². The summed E-state index contributed by atoms with van der Waals surface area (Å²) in [6.07, 6.45) is 4.25. The Kier molecular flexibility index (Phi) is 3.51. The van der Waals surface area contributed by atoms with Gasteiger partial charge in [-0.3, -0.25) is 5.10 Å². The fraction of sp³-hybridized carbons (Fsp3) is 0.400. The van der Waals surface area contributed by atoms with Crippen molar-refractivity contribution in [3.05, 3.63) is 36.2 Å². The first-order valence-corrected chi connectivity index (χ1v) is 6.77. The highest BCUT2D eigenvalue weighted by Crippen LogP contribution is 2.33. The van der Waals surface area contributed by atoms with Crippen LogP contribution < -0.4 is 10.1 Å². The predicted molar refractivity (Wildman–Crippen MR) is 75.4 cm³/mol. The van der Waals surface area contributed by atoms with Gasteiger partial charge in [0.15, 0.2) is 0 Å². The molecule has 1 aromatic heterocycles. The molecule has 0 radical (unpaired) electrons. The maximum Gasteiger partial charge on any atom is 0.119 e. The van der Waals surface area contributed by atoms with Gasteiger partial charge in [-0.25, -0.2) is 0 Å². The molecule has 3 rings (SSSR count). The van der Waals surface area contributed by atoms with E-state index in [2.05, 4.69) is 27.6 Å². The largest absolute Gasteiger partial charge is 0.497 e. The van der Waals surface area contributed by atoms with Crippen LogP contribution >= 0.6 is 0 Å². The molecule has 19 heavy (non-hydrogen) atoms. The first-order valence-electron chi connectivity index (χ1n) is 6.77. The number of hydrogen-bond acceptors (Lipinski definition) is 3. The Morgan fingerprint density at radius 3 is 2.89 bits per heavy atom. The number of nitrogens with one attached hydrogen (secondary N) is 2. The number of ether oxygens (including phenoxy) is 1. The van der Waals surface area contributed by atoms with Crippen molar-refractivity contribution in [2.75, 3.05) is 20.2 Å². The van der Waals surface area contributed by atoms with Crippen LogP contribution in [0.2, 0.25) is 0 Å². The lowest BCUT2D eigenvalue weighted by atomic mass is 9.90. The molecule has 0 saturated carbocycles. The Morgan fingerprint density at radius 1 is 1.26 bits per heavy atom. The molecule has 1 aromatic carbocycles. The molecule has 2 N–H and O–H groups in total. The SMILES string of the molecule is COc1cccc(-c2cn[nH]c2C2CCNCC2)c1. The number of rotatable bonds is 3. The number of piperidine rings is 1. The summed E-state index contributed by atoms with van der Waals surface area (Å²) in [4.78, 5) is 0. The molecular formula is C15H19N3O. The highest BCUT2D eigenvalue weighted by atomic mass is 16.5. The quantitative estimate of drug-likeness (QED) is 0.888. The van der Waals surface area contributed by atoms with Crippen molar-refractivity contribution in [1.82, 2.24) is 15.5 Å². The van der Waals surface area contributed by atoms with Crippen molar-refractivity contribution in [3.8, 4) is 16.9 Å². The summed E-state index contributed by atoms with van der Waals surface area (Å²) in [5.74, 6) is 1.46. The fourth-order valence-corrected chi connectivity index (χ4v) is 2.74. The molecule has 0 unspecified atom stereocenters. The van der Waals surface area contributed by atoms with Crippen LogP contribution in [-0.2, 0) is 0 Å². The van der Waals surface area contributed by atoms with Gasteiger partial charge in [-0.15, -0.1) is 0 Å². The van der Waals surface area contributed by atoms with Gasteiger partial charge in [0.1, 0.15) is 5.75 Å². The molecule has 0 amide bonds. The molecule has 1 fully saturated rings. The Labute approximate surface area is 113 Å². The molecule has 4 nitrogen and oxygen atoms in total. The highest BCUT2D eigenvalue weighted by molar-refractivity contribution is 5.67. The molecule has 100 valence electrons. The van der Waals surface area contributed by atoms with Crippen molar-refractivity contribution >= 4 is 0 Å². The zero-order valence-electron chi connectivity index (χ0n) is 11.1. The first-order chi connectivity index (χ1) is 9.38. The minimum atomic E-state index is 0.574. The second kappa shape index (κ2) is 5.45. The van der Waals surface area contributed by atoms with Crippen molar-refractivity contribution in [3.63, 3.8) is 0 Å². The second-order valence-corrected chi connectivity index (χ2v) is 4.95. The third-order valence-corrected chi connectivity index (χ3v) is 3.80.